The van der Waals surface area contributed by atoms with E-state index in [1.807, 2.05) is 26.0 Å². The molecule has 1 aliphatic heterocycles. The predicted octanol–water partition coefficient (Wildman–Crippen LogP) is 4.35. The number of anilines is 5. The maximum absolute atomic E-state index is 5.55. The maximum Gasteiger partial charge on any atom is 0.229 e. The fourth-order valence-corrected chi connectivity index (χ4v) is 3.85. The van der Waals surface area contributed by atoms with Crippen LogP contribution in [0.3, 0.4) is 0 Å². The van der Waals surface area contributed by atoms with Crippen LogP contribution in [-0.4, -0.2) is 62.3 Å². The molecule has 0 unspecified atom stereocenters. The van der Waals surface area contributed by atoms with E-state index in [1.165, 1.54) is 5.69 Å². The molecule has 0 atom stereocenters. The normalized spacial score (nSPS) is 14.2. The zero-order chi connectivity index (χ0) is 23.4. The third-order valence-corrected chi connectivity index (χ3v) is 5.93. The number of nitrogens with zero attached hydrogens (tertiary/aromatic N) is 4. The molecule has 0 spiro atoms. The smallest absolute Gasteiger partial charge is 0.229 e. The number of hydrogen-bond donors (Lipinski definition) is 2. The lowest BCUT2D eigenvalue weighted by atomic mass is 10.1. The average molecular weight is 449 g/mol. The summed E-state index contributed by atoms with van der Waals surface area (Å²) in [7, 11) is 5.48. The van der Waals surface area contributed by atoms with Gasteiger partial charge >= 0.3 is 0 Å². The Morgan fingerprint density at radius 3 is 2.21 bits per heavy atom. The van der Waals surface area contributed by atoms with Gasteiger partial charge < -0.3 is 29.9 Å². The highest BCUT2D eigenvalue weighted by Gasteiger charge is 2.15. The molecule has 0 aliphatic carbocycles. The third kappa shape index (κ3) is 5.28. The van der Waals surface area contributed by atoms with Gasteiger partial charge in [-0.15, -0.1) is 0 Å². The second-order valence-electron chi connectivity index (χ2n) is 8.33. The van der Waals surface area contributed by atoms with Gasteiger partial charge in [-0.25, -0.2) is 4.98 Å². The summed E-state index contributed by atoms with van der Waals surface area (Å²) in [4.78, 5) is 13.9. The number of benzene rings is 2. The van der Waals surface area contributed by atoms with Crippen molar-refractivity contribution in [2.24, 2.45) is 0 Å². The summed E-state index contributed by atoms with van der Waals surface area (Å²) in [5.74, 6) is 2.73. The number of methoxy groups -OCH3 is 2. The van der Waals surface area contributed by atoms with Gasteiger partial charge in [-0.05, 0) is 56.8 Å². The number of aromatic nitrogens is 2. The molecule has 1 saturated heterocycles. The van der Waals surface area contributed by atoms with Gasteiger partial charge in [0.15, 0.2) is 0 Å². The van der Waals surface area contributed by atoms with E-state index in [2.05, 4.69) is 56.7 Å². The maximum atomic E-state index is 5.55. The SMILES string of the molecule is COc1cc(Nc2nc(Nc3ccc(N4CCN(C)CC4)cc3)ncc2C)c(OC)cc1C. The van der Waals surface area contributed by atoms with Gasteiger partial charge in [-0.2, -0.15) is 4.98 Å². The van der Waals surface area contributed by atoms with E-state index in [4.69, 9.17) is 14.5 Å². The number of nitrogens with one attached hydrogen (secondary N) is 2. The first-order valence-corrected chi connectivity index (χ1v) is 11.1. The first-order valence-electron chi connectivity index (χ1n) is 11.1. The Kier molecular flexibility index (Phi) is 6.84. The molecule has 2 aromatic carbocycles. The standard InChI is InChI=1S/C25H32N6O2/c1-17-14-23(33-5)21(15-22(17)32-4)28-24-18(2)16-26-25(29-24)27-19-6-8-20(9-7-19)31-12-10-30(3)11-13-31/h6-9,14-16H,10-13H2,1-5H3,(H2,26,27,28,29). The van der Waals surface area contributed by atoms with Gasteiger partial charge in [-0.3, -0.25) is 0 Å². The summed E-state index contributed by atoms with van der Waals surface area (Å²) in [6.07, 6.45) is 1.80. The number of aryl methyl sites for hydroxylation is 2. The van der Waals surface area contributed by atoms with Crippen LogP contribution in [0.5, 0.6) is 11.5 Å². The van der Waals surface area contributed by atoms with Crippen molar-refractivity contribution in [3.8, 4) is 11.5 Å². The Bertz CT molecular complexity index is 1090. The van der Waals surface area contributed by atoms with Crippen molar-refractivity contribution in [2.45, 2.75) is 13.8 Å². The fourth-order valence-electron chi connectivity index (χ4n) is 3.85. The molecule has 2 N–H and O–H groups in total. The number of ether oxygens (including phenoxy) is 2. The minimum absolute atomic E-state index is 0.522. The molecule has 4 rings (SSSR count). The highest BCUT2D eigenvalue weighted by Crippen LogP contribution is 2.35. The first kappa shape index (κ1) is 22.7. The number of piperazine rings is 1. The minimum atomic E-state index is 0.522. The van der Waals surface area contributed by atoms with E-state index >= 15 is 0 Å². The highest BCUT2D eigenvalue weighted by atomic mass is 16.5. The average Bonchev–Trinajstić information content (AvgIpc) is 2.83. The molecule has 2 heterocycles. The van der Waals surface area contributed by atoms with E-state index in [1.54, 1.807) is 20.4 Å². The molecule has 0 radical (unpaired) electrons. The van der Waals surface area contributed by atoms with Crippen molar-refractivity contribution in [2.75, 3.05) is 63.0 Å². The zero-order valence-corrected chi connectivity index (χ0v) is 20.0. The van der Waals surface area contributed by atoms with E-state index in [0.717, 1.165) is 60.2 Å². The van der Waals surface area contributed by atoms with Crippen molar-refractivity contribution in [1.29, 1.82) is 0 Å². The van der Waals surface area contributed by atoms with Gasteiger partial charge in [-0.1, -0.05) is 0 Å². The van der Waals surface area contributed by atoms with Crippen LogP contribution in [0.4, 0.5) is 28.8 Å². The second kappa shape index (κ2) is 9.95. The highest BCUT2D eigenvalue weighted by molar-refractivity contribution is 5.70. The van der Waals surface area contributed by atoms with Crippen molar-refractivity contribution < 1.29 is 9.47 Å². The summed E-state index contributed by atoms with van der Waals surface area (Å²) in [5, 5.41) is 6.68. The molecule has 8 nitrogen and oxygen atoms in total. The molecule has 1 fully saturated rings. The number of rotatable bonds is 7. The van der Waals surface area contributed by atoms with E-state index in [9.17, 15) is 0 Å². The van der Waals surface area contributed by atoms with E-state index < -0.39 is 0 Å². The fraction of sp³-hybridized carbons (Fsp3) is 0.360. The molecule has 3 aromatic rings. The van der Waals surface area contributed by atoms with Crippen molar-refractivity contribution in [1.82, 2.24) is 14.9 Å². The Morgan fingerprint density at radius 2 is 1.55 bits per heavy atom. The topological polar surface area (TPSA) is 74.8 Å². The number of hydrogen-bond acceptors (Lipinski definition) is 8. The zero-order valence-electron chi connectivity index (χ0n) is 20.0. The summed E-state index contributed by atoms with van der Waals surface area (Å²) in [5.41, 5.74) is 4.89. The largest absolute Gasteiger partial charge is 0.496 e. The predicted molar refractivity (Wildman–Crippen MR) is 134 cm³/mol. The molecule has 0 saturated carbocycles. The van der Waals surface area contributed by atoms with Crippen LogP contribution >= 0.6 is 0 Å². The minimum Gasteiger partial charge on any atom is -0.496 e. The molecule has 0 bridgehead atoms. The molecule has 33 heavy (non-hydrogen) atoms. The van der Waals surface area contributed by atoms with Gasteiger partial charge in [0, 0.05) is 55.4 Å². The monoisotopic (exact) mass is 448 g/mol. The second-order valence-corrected chi connectivity index (χ2v) is 8.33. The molecule has 174 valence electrons. The van der Waals surface area contributed by atoms with Crippen LogP contribution in [0.25, 0.3) is 0 Å². The molecular formula is C25H32N6O2. The summed E-state index contributed by atoms with van der Waals surface area (Å²) in [6.45, 7) is 8.22. The Hall–Kier alpha value is -3.52. The van der Waals surface area contributed by atoms with E-state index in [-0.39, 0.29) is 0 Å². The van der Waals surface area contributed by atoms with Crippen LogP contribution in [0.1, 0.15) is 11.1 Å². The van der Waals surface area contributed by atoms with Crippen LogP contribution in [0.2, 0.25) is 0 Å². The van der Waals surface area contributed by atoms with Crippen molar-refractivity contribution in [3.63, 3.8) is 0 Å². The Balaban J connectivity index is 1.50. The van der Waals surface area contributed by atoms with Gasteiger partial charge in [0.05, 0.1) is 19.9 Å². The Labute approximate surface area is 195 Å². The summed E-state index contributed by atoms with van der Waals surface area (Å²) >= 11 is 0. The third-order valence-electron chi connectivity index (χ3n) is 5.93. The van der Waals surface area contributed by atoms with Crippen LogP contribution in [0, 0.1) is 13.8 Å². The van der Waals surface area contributed by atoms with Gasteiger partial charge in [0.1, 0.15) is 17.3 Å². The quantitative estimate of drug-likeness (QED) is 0.553. The summed E-state index contributed by atoms with van der Waals surface area (Å²) in [6, 6.07) is 12.3. The van der Waals surface area contributed by atoms with Crippen LogP contribution in [0.15, 0.2) is 42.6 Å². The van der Waals surface area contributed by atoms with Gasteiger partial charge in [0.2, 0.25) is 5.95 Å². The van der Waals surface area contributed by atoms with Crippen LogP contribution < -0.4 is 25.0 Å². The number of likely N-dealkylation sites (N-methyl/N-ethyl adjacent to an activating group) is 1. The molecule has 1 aliphatic rings. The molecular weight excluding hydrogens is 416 g/mol. The molecule has 0 amide bonds. The lowest BCUT2D eigenvalue weighted by Gasteiger charge is -2.34. The lowest BCUT2D eigenvalue weighted by molar-refractivity contribution is 0.313. The molecule has 1 aromatic heterocycles. The van der Waals surface area contributed by atoms with E-state index in [0.29, 0.717) is 11.8 Å². The van der Waals surface area contributed by atoms with Crippen molar-refractivity contribution in [3.05, 3.63) is 53.7 Å². The first-order chi connectivity index (χ1) is 16.0. The van der Waals surface area contributed by atoms with Crippen LogP contribution in [-0.2, 0) is 0 Å². The van der Waals surface area contributed by atoms with Crippen molar-refractivity contribution >= 4 is 28.8 Å². The summed E-state index contributed by atoms with van der Waals surface area (Å²) < 4.78 is 11.0. The van der Waals surface area contributed by atoms with Gasteiger partial charge in [0.25, 0.3) is 0 Å². The Morgan fingerprint density at radius 1 is 0.848 bits per heavy atom. The molecule has 8 heteroatoms. The lowest BCUT2D eigenvalue weighted by Crippen LogP contribution is -2.44.